The molecule has 0 aliphatic carbocycles. The van der Waals surface area contributed by atoms with Crippen molar-refractivity contribution in [2.24, 2.45) is 5.92 Å². The first kappa shape index (κ1) is 12.9. The quantitative estimate of drug-likeness (QED) is 0.864. The summed E-state index contributed by atoms with van der Waals surface area (Å²) in [6.45, 7) is 4.69. The molecule has 4 heteroatoms. The van der Waals surface area contributed by atoms with Crippen molar-refractivity contribution in [3.05, 3.63) is 29.3 Å². The van der Waals surface area contributed by atoms with Crippen LogP contribution in [0.15, 0.2) is 18.2 Å². The van der Waals surface area contributed by atoms with Crippen LogP contribution in [0, 0.1) is 5.92 Å². The molecule has 1 aromatic carbocycles. The summed E-state index contributed by atoms with van der Waals surface area (Å²) in [5, 5.41) is 13.0. The van der Waals surface area contributed by atoms with Gasteiger partial charge in [-0.15, -0.1) is 0 Å². The van der Waals surface area contributed by atoms with Crippen LogP contribution in [0.5, 0.6) is 0 Å². The average molecular weight is 248 g/mol. The SMILES string of the molecule is CCC(C)C(O)c1ccc2c(c1)CN(C)C(=O)N2. The number of urea groups is 1. The van der Waals surface area contributed by atoms with Crippen molar-refractivity contribution in [3.8, 4) is 0 Å². The lowest BCUT2D eigenvalue weighted by molar-refractivity contribution is 0.115. The smallest absolute Gasteiger partial charge is 0.321 e. The van der Waals surface area contributed by atoms with Crippen molar-refractivity contribution in [2.45, 2.75) is 32.9 Å². The van der Waals surface area contributed by atoms with E-state index in [0.717, 1.165) is 23.2 Å². The molecule has 2 atom stereocenters. The molecule has 1 aromatic rings. The molecule has 98 valence electrons. The van der Waals surface area contributed by atoms with Crippen molar-refractivity contribution in [3.63, 3.8) is 0 Å². The number of amides is 2. The van der Waals surface area contributed by atoms with E-state index in [9.17, 15) is 9.90 Å². The van der Waals surface area contributed by atoms with Crippen LogP contribution in [0.2, 0.25) is 0 Å². The number of carbonyl (C=O) groups excluding carboxylic acids is 1. The Balaban J connectivity index is 2.27. The van der Waals surface area contributed by atoms with Crippen LogP contribution in [-0.4, -0.2) is 23.1 Å². The second kappa shape index (κ2) is 4.98. The fraction of sp³-hybridized carbons (Fsp3) is 0.500. The van der Waals surface area contributed by atoms with Crippen molar-refractivity contribution in [2.75, 3.05) is 12.4 Å². The third-order valence-electron chi connectivity index (χ3n) is 3.65. The molecule has 0 aromatic heterocycles. The lowest BCUT2D eigenvalue weighted by Gasteiger charge is -2.27. The molecule has 2 N–H and O–H groups in total. The highest BCUT2D eigenvalue weighted by molar-refractivity contribution is 5.92. The molecule has 2 amide bonds. The molecule has 18 heavy (non-hydrogen) atoms. The number of aliphatic hydroxyl groups is 1. The van der Waals surface area contributed by atoms with E-state index in [1.54, 1.807) is 11.9 Å². The van der Waals surface area contributed by atoms with Crippen molar-refractivity contribution >= 4 is 11.7 Å². The maximum Gasteiger partial charge on any atom is 0.321 e. The molecule has 1 aliphatic rings. The van der Waals surface area contributed by atoms with E-state index in [4.69, 9.17) is 0 Å². The fourth-order valence-electron chi connectivity index (χ4n) is 2.14. The zero-order chi connectivity index (χ0) is 13.3. The molecule has 0 saturated carbocycles. The van der Waals surface area contributed by atoms with Crippen LogP contribution >= 0.6 is 0 Å². The Bertz CT molecular complexity index is 459. The second-order valence-corrected chi connectivity index (χ2v) is 5.03. The minimum absolute atomic E-state index is 0.0854. The van der Waals surface area contributed by atoms with Crippen LogP contribution in [-0.2, 0) is 6.54 Å². The normalized spacial score (nSPS) is 18.0. The van der Waals surface area contributed by atoms with Crippen LogP contribution in [0.4, 0.5) is 10.5 Å². The number of hydrogen-bond acceptors (Lipinski definition) is 2. The largest absolute Gasteiger partial charge is 0.388 e. The molecule has 0 spiro atoms. The molecule has 1 aliphatic heterocycles. The van der Waals surface area contributed by atoms with Crippen LogP contribution < -0.4 is 5.32 Å². The summed E-state index contributed by atoms with van der Waals surface area (Å²) in [5.41, 5.74) is 2.82. The Kier molecular flexibility index (Phi) is 3.57. The summed E-state index contributed by atoms with van der Waals surface area (Å²) in [6, 6.07) is 5.67. The van der Waals surface area contributed by atoms with E-state index in [0.29, 0.717) is 6.54 Å². The number of rotatable bonds is 3. The predicted molar refractivity (Wildman–Crippen MR) is 71.3 cm³/mol. The highest BCUT2D eigenvalue weighted by atomic mass is 16.3. The second-order valence-electron chi connectivity index (χ2n) is 5.03. The maximum atomic E-state index is 11.5. The van der Waals surface area contributed by atoms with Gasteiger partial charge in [0, 0.05) is 19.3 Å². The van der Waals surface area contributed by atoms with Gasteiger partial charge in [0.05, 0.1) is 6.10 Å². The number of anilines is 1. The van der Waals surface area contributed by atoms with Crippen LogP contribution in [0.3, 0.4) is 0 Å². The van der Waals surface area contributed by atoms with Gasteiger partial charge in [0.1, 0.15) is 0 Å². The average Bonchev–Trinajstić information content (AvgIpc) is 2.37. The molecule has 2 rings (SSSR count). The Labute approximate surface area is 108 Å². The monoisotopic (exact) mass is 248 g/mol. The van der Waals surface area contributed by atoms with Crippen molar-refractivity contribution < 1.29 is 9.90 Å². The summed E-state index contributed by atoms with van der Waals surface area (Å²) in [7, 11) is 1.76. The zero-order valence-corrected chi connectivity index (χ0v) is 11.1. The van der Waals surface area contributed by atoms with Gasteiger partial charge >= 0.3 is 6.03 Å². The molecular weight excluding hydrogens is 228 g/mol. The number of nitrogens with one attached hydrogen (secondary N) is 1. The number of carbonyl (C=O) groups is 1. The maximum absolute atomic E-state index is 11.5. The molecule has 0 fully saturated rings. The highest BCUT2D eigenvalue weighted by Crippen LogP contribution is 2.29. The summed E-state index contributed by atoms with van der Waals surface area (Å²) in [4.78, 5) is 13.1. The van der Waals surface area contributed by atoms with Gasteiger partial charge in [-0.25, -0.2) is 4.79 Å². The summed E-state index contributed by atoms with van der Waals surface area (Å²) < 4.78 is 0. The lowest BCUT2D eigenvalue weighted by atomic mass is 9.93. The molecule has 2 unspecified atom stereocenters. The van der Waals surface area contributed by atoms with Crippen molar-refractivity contribution in [1.29, 1.82) is 0 Å². The number of benzene rings is 1. The first-order chi connectivity index (χ1) is 8.52. The number of nitrogens with zero attached hydrogens (tertiary/aromatic N) is 1. The topological polar surface area (TPSA) is 52.6 Å². The Morgan fingerprint density at radius 2 is 2.22 bits per heavy atom. The fourth-order valence-corrected chi connectivity index (χ4v) is 2.14. The van der Waals surface area contributed by atoms with Gasteiger partial charge in [-0.3, -0.25) is 0 Å². The highest BCUT2D eigenvalue weighted by Gasteiger charge is 2.21. The van der Waals surface area contributed by atoms with E-state index in [2.05, 4.69) is 12.2 Å². The zero-order valence-electron chi connectivity index (χ0n) is 11.1. The first-order valence-corrected chi connectivity index (χ1v) is 6.36. The van der Waals surface area contributed by atoms with Gasteiger partial charge in [0.25, 0.3) is 0 Å². The van der Waals surface area contributed by atoms with E-state index in [1.807, 2.05) is 25.1 Å². The molecule has 0 radical (unpaired) electrons. The predicted octanol–water partition coefficient (Wildman–Crippen LogP) is 2.74. The van der Waals surface area contributed by atoms with E-state index in [-0.39, 0.29) is 11.9 Å². The third-order valence-corrected chi connectivity index (χ3v) is 3.65. The molecule has 4 nitrogen and oxygen atoms in total. The summed E-state index contributed by atoms with van der Waals surface area (Å²) >= 11 is 0. The molecule has 0 saturated heterocycles. The third kappa shape index (κ3) is 2.34. The molecular formula is C14H20N2O2. The van der Waals surface area contributed by atoms with Gasteiger partial charge in [0.15, 0.2) is 0 Å². The Morgan fingerprint density at radius 1 is 1.50 bits per heavy atom. The Morgan fingerprint density at radius 3 is 2.89 bits per heavy atom. The van der Waals surface area contributed by atoms with Gasteiger partial charge in [-0.1, -0.05) is 26.3 Å². The summed E-state index contributed by atoms with van der Waals surface area (Å²) in [5.74, 6) is 0.235. The van der Waals surface area contributed by atoms with Gasteiger partial charge in [-0.05, 0) is 29.2 Å². The molecule has 0 bridgehead atoms. The van der Waals surface area contributed by atoms with E-state index >= 15 is 0 Å². The minimum Gasteiger partial charge on any atom is -0.388 e. The van der Waals surface area contributed by atoms with Gasteiger partial charge in [-0.2, -0.15) is 0 Å². The van der Waals surface area contributed by atoms with E-state index < -0.39 is 6.10 Å². The molecule has 1 heterocycles. The van der Waals surface area contributed by atoms with Crippen LogP contribution in [0.25, 0.3) is 0 Å². The number of fused-ring (bicyclic) bond motifs is 1. The number of aliphatic hydroxyl groups excluding tert-OH is 1. The number of hydrogen-bond donors (Lipinski definition) is 2. The van der Waals surface area contributed by atoms with Crippen LogP contribution in [0.1, 0.15) is 37.5 Å². The van der Waals surface area contributed by atoms with Gasteiger partial charge in [0.2, 0.25) is 0 Å². The standard InChI is InChI=1S/C14H20N2O2/c1-4-9(2)13(17)10-5-6-12-11(7-10)8-16(3)14(18)15-12/h5-7,9,13,17H,4,8H2,1-3H3,(H,15,18). The first-order valence-electron chi connectivity index (χ1n) is 6.36. The van der Waals surface area contributed by atoms with E-state index in [1.165, 1.54) is 0 Å². The lowest BCUT2D eigenvalue weighted by Crippen LogP contribution is -2.35. The Hall–Kier alpha value is -1.55. The summed E-state index contributed by atoms with van der Waals surface area (Å²) in [6.07, 6.45) is 0.498. The minimum atomic E-state index is -0.441. The van der Waals surface area contributed by atoms with Crippen molar-refractivity contribution in [1.82, 2.24) is 4.90 Å². The van der Waals surface area contributed by atoms with Gasteiger partial charge < -0.3 is 15.3 Å².